The molecule has 6 aromatic carbocycles. The molecule has 4 heteroatoms. The summed E-state index contributed by atoms with van der Waals surface area (Å²) in [5.74, 6) is 0. The van der Waals surface area contributed by atoms with Gasteiger partial charge in [0.25, 0.3) is 0 Å². The topological polar surface area (TPSA) is 0 Å². The zero-order valence-corrected chi connectivity index (χ0v) is 33.5. The third-order valence-corrected chi connectivity index (χ3v) is 7.89. The number of hydrogen-bond donors (Lipinski definition) is 0. The van der Waals surface area contributed by atoms with Crippen LogP contribution in [0.1, 0.15) is 51.4 Å². The van der Waals surface area contributed by atoms with Gasteiger partial charge in [-0.05, 0) is 45.2 Å². The van der Waals surface area contributed by atoms with Gasteiger partial charge in [-0.15, -0.1) is 68.1 Å². The molecule has 0 fully saturated rings. The van der Waals surface area contributed by atoms with Crippen LogP contribution in [0.3, 0.4) is 0 Å². The average molecular weight is 729 g/mol. The minimum atomic E-state index is -0.826. The molecule has 0 spiro atoms. The molecule has 0 amide bonds. The van der Waals surface area contributed by atoms with Crippen molar-refractivity contribution in [2.24, 2.45) is 0 Å². The van der Waals surface area contributed by atoms with Crippen LogP contribution < -0.4 is 0 Å². The van der Waals surface area contributed by atoms with Gasteiger partial charge in [-0.1, -0.05) is 123 Å². The third kappa shape index (κ3) is 9.89. The van der Waals surface area contributed by atoms with Crippen LogP contribution in [-0.4, -0.2) is 9.52 Å². The van der Waals surface area contributed by atoms with Crippen molar-refractivity contribution in [3.8, 4) is 22.3 Å². The van der Waals surface area contributed by atoms with Gasteiger partial charge in [-0.2, -0.15) is 12.1 Å². The number of benzene rings is 4. The number of rotatable bonds is 3. The molecule has 0 nitrogen and oxygen atoms in total. The second-order valence-electron chi connectivity index (χ2n) is 12.1. The van der Waals surface area contributed by atoms with Crippen molar-refractivity contribution in [3.05, 3.63) is 129 Å². The fourth-order valence-corrected chi connectivity index (χ4v) is 6.06. The Morgan fingerprint density at radius 2 is 0.956 bits per heavy atom. The summed E-state index contributed by atoms with van der Waals surface area (Å²) in [6.07, 6.45) is 1.10. The summed E-state index contributed by atoms with van der Waals surface area (Å²) < 4.78 is 0. The van der Waals surface area contributed by atoms with Gasteiger partial charge in [0.15, 0.2) is 0 Å². The summed E-state index contributed by atoms with van der Waals surface area (Å²) in [4.78, 5) is 0. The SMILES string of the molecule is CCc1cc2c(-c3cc(C)cc(C)c3)ccc(C)c2[cH-]1.C[Si]C.Cc1cc(C)cc(-c2ccc(C)c3[cH-]c(C)cc23)c1.[Cl][Zr+2][Cl]. The zero-order valence-electron chi connectivity index (χ0n) is 28.5. The summed E-state index contributed by atoms with van der Waals surface area (Å²) in [5.41, 5.74) is 16.2. The van der Waals surface area contributed by atoms with Crippen LogP contribution >= 0.6 is 17.0 Å². The molecule has 0 aromatic heterocycles. The molecule has 0 heterocycles. The Kier molecular flexibility index (Phi) is 14.6. The van der Waals surface area contributed by atoms with Crippen LogP contribution in [-0.2, 0) is 27.3 Å². The van der Waals surface area contributed by atoms with E-state index in [0.717, 1.165) is 15.9 Å². The molecule has 0 saturated heterocycles. The van der Waals surface area contributed by atoms with E-state index in [0.29, 0.717) is 0 Å². The molecule has 6 aromatic rings. The van der Waals surface area contributed by atoms with Gasteiger partial charge in [-0.25, -0.2) is 0 Å². The summed E-state index contributed by atoms with van der Waals surface area (Å²) in [5, 5.41) is 5.56. The van der Waals surface area contributed by atoms with Crippen LogP contribution in [0.5, 0.6) is 0 Å². The zero-order chi connectivity index (χ0) is 33.3. The molecule has 0 bridgehead atoms. The first-order valence-electron chi connectivity index (χ1n) is 15.5. The average Bonchev–Trinajstić information content (AvgIpc) is 3.58. The molecule has 0 N–H and O–H groups in total. The van der Waals surface area contributed by atoms with Gasteiger partial charge < -0.3 is 0 Å². The van der Waals surface area contributed by atoms with E-state index < -0.39 is 20.8 Å². The number of aryl methyl sites for hydroxylation is 8. The molecule has 232 valence electrons. The van der Waals surface area contributed by atoms with E-state index >= 15 is 0 Å². The molecule has 0 aliphatic rings. The molecular weight excluding hydrogens is 683 g/mol. The Morgan fingerprint density at radius 1 is 0.578 bits per heavy atom. The monoisotopic (exact) mass is 726 g/mol. The molecule has 0 aliphatic carbocycles. The standard InChI is InChI=1S/C20H21.C19H19.C2H6Si.2ClH.Zr/c1-5-16-11-19-15(4)6-7-18(20(19)12-16)17-9-13(2)8-14(3)10-17;1-12-7-13(2)9-16(8-12)17-6-5-15(4)18-10-14(3)11-19(17)18;1-3-2;;;/h6-12H,5H2,1-4H3;5-11H,1-4H3;1-2H3;2*1H;/q2*-1;;;;+4/p-2. The fraction of sp³-hybridized carbons (Fsp3) is 0.268. The Balaban J connectivity index is 0.000000209. The van der Waals surface area contributed by atoms with E-state index in [1.165, 1.54) is 88.3 Å². The maximum atomic E-state index is 4.93. The second kappa shape index (κ2) is 17.6. The van der Waals surface area contributed by atoms with E-state index in [1.807, 2.05) is 0 Å². The van der Waals surface area contributed by atoms with Gasteiger partial charge in [0.2, 0.25) is 0 Å². The predicted octanol–water partition coefficient (Wildman–Crippen LogP) is 13.3. The molecule has 45 heavy (non-hydrogen) atoms. The fourth-order valence-electron chi connectivity index (χ4n) is 6.06. The van der Waals surface area contributed by atoms with E-state index in [1.54, 1.807) is 0 Å². The number of halogens is 2. The van der Waals surface area contributed by atoms with Gasteiger partial charge >= 0.3 is 37.9 Å². The van der Waals surface area contributed by atoms with Crippen LogP contribution in [0.25, 0.3) is 43.8 Å². The third-order valence-electron chi connectivity index (χ3n) is 7.89. The Labute approximate surface area is 293 Å². The van der Waals surface area contributed by atoms with E-state index in [4.69, 9.17) is 17.0 Å². The predicted molar refractivity (Wildman–Crippen MR) is 202 cm³/mol. The van der Waals surface area contributed by atoms with Crippen LogP contribution in [0.15, 0.2) is 84.9 Å². The minimum absolute atomic E-state index is 0.826. The molecule has 0 saturated carbocycles. The normalized spacial score (nSPS) is 10.3. The van der Waals surface area contributed by atoms with Gasteiger partial charge in [0, 0.05) is 9.52 Å². The van der Waals surface area contributed by atoms with E-state index in [2.05, 4.69) is 153 Å². The second-order valence-corrected chi connectivity index (χ2v) is 16.8. The molecule has 0 aliphatic heterocycles. The maximum absolute atomic E-state index is 4.93. The van der Waals surface area contributed by atoms with Gasteiger partial charge in [0.1, 0.15) is 0 Å². The Morgan fingerprint density at radius 3 is 1.36 bits per heavy atom. The summed E-state index contributed by atoms with van der Waals surface area (Å²) in [7, 11) is 11.0. The first-order valence-corrected chi connectivity index (χ1v) is 23.9. The van der Waals surface area contributed by atoms with E-state index in [9.17, 15) is 0 Å². The molecule has 0 unspecified atom stereocenters. The quantitative estimate of drug-likeness (QED) is 0.126. The van der Waals surface area contributed by atoms with E-state index in [-0.39, 0.29) is 0 Å². The molecular formula is C41H46Cl2SiZr. The summed E-state index contributed by atoms with van der Waals surface area (Å²) in [6, 6.07) is 31.9. The van der Waals surface area contributed by atoms with Crippen LogP contribution in [0.2, 0.25) is 13.1 Å². The van der Waals surface area contributed by atoms with Crippen LogP contribution in [0.4, 0.5) is 0 Å². The van der Waals surface area contributed by atoms with Crippen molar-refractivity contribution in [1.29, 1.82) is 0 Å². The molecule has 0 atom stereocenters. The van der Waals surface area contributed by atoms with Gasteiger partial charge in [-0.3, -0.25) is 0 Å². The molecule has 2 radical (unpaired) electrons. The van der Waals surface area contributed by atoms with Crippen molar-refractivity contribution in [2.45, 2.75) is 74.9 Å². The van der Waals surface area contributed by atoms with Crippen molar-refractivity contribution in [1.82, 2.24) is 0 Å². The summed E-state index contributed by atoms with van der Waals surface area (Å²) in [6.45, 7) is 21.8. The summed E-state index contributed by atoms with van der Waals surface area (Å²) >= 11 is -0.826. The van der Waals surface area contributed by atoms with Crippen molar-refractivity contribution in [2.75, 3.05) is 0 Å². The van der Waals surface area contributed by atoms with Crippen LogP contribution in [0, 0.1) is 48.5 Å². The molecule has 6 rings (SSSR count). The number of hydrogen-bond acceptors (Lipinski definition) is 0. The van der Waals surface area contributed by atoms with Crippen molar-refractivity contribution < 1.29 is 20.8 Å². The van der Waals surface area contributed by atoms with Crippen molar-refractivity contribution >= 4 is 48.1 Å². The first kappa shape index (κ1) is 37.2. The van der Waals surface area contributed by atoms with Gasteiger partial charge in [0.05, 0.1) is 0 Å². The number of fused-ring (bicyclic) bond motifs is 2. The first-order chi connectivity index (χ1) is 21.4. The Hall–Kier alpha value is -2.22. The Bertz CT molecular complexity index is 1820. The van der Waals surface area contributed by atoms with Crippen molar-refractivity contribution in [3.63, 3.8) is 0 Å².